The van der Waals surface area contributed by atoms with E-state index in [1.807, 2.05) is 0 Å². The Balaban J connectivity index is 3.27. The Morgan fingerprint density at radius 3 is 2.57 bits per heavy atom. The summed E-state index contributed by atoms with van der Waals surface area (Å²) in [5.74, 6) is 0. The van der Waals surface area contributed by atoms with Crippen molar-refractivity contribution in [3.8, 4) is 0 Å². The fraction of sp³-hybridized carbons (Fsp3) is 0.333. The summed E-state index contributed by atoms with van der Waals surface area (Å²) in [4.78, 5) is 0. The van der Waals surface area contributed by atoms with Crippen molar-refractivity contribution in [1.82, 2.24) is 0 Å². The first-order chi connectivity index (χ1) is 6.61. The second-order valence-electron chi connectivity index (χ2n) is 3.03. The van der Waals surface area contributed by atoms with E-state index in [1.54, 1.807) is 12.1 Å². The molecule has 7 N–H and O–H groups in total. The van der Waals surface area contributed by atoms with E-state index < -0.39 is 6.04 Å². The number of rotatable bonds is 3. The predicted molar refractivity (Wildman–Crippen MR) is 57.8 cm³/mol. The van der Waals surface area contributed by atoms with Crippen molar-refractivity contribution < 1.29 is 5.11 Å². The Hall–Kier alpha value is -0.810. The zero-order chi connectivity index (χ0) is 10.7. The van der Waals surface area contributed by atoms with Crippen LogP contribution in [0, 0.1) is 0 Å². The average Bonchev–Trinajstić information content (AvgIpc) is 2.20. The van der Waals surface area contributed by atoms with Crippen molar-refractivity contribution in [2.24, 2.45) is 11.5 Å². The maximum Gasteiger partial charge on any atom is 0.0685 e. The van der Waals surface area contributed by atoms with Crippen LogP contribution in [-0.2, 0) is 6.61 Å². The van der Waals surface area contributed by atoms with Crippen LogP contribution in [0.4, 0.5) is 5.69 Å². The number of hydrogen-bond acceptors (Lipinski definition) is 4. The number of halogens is 1. The minimum absolute atomic E-state index is 0.121. The van der Waals surface area contributed by atoms with Gasteiger partial charge in [-0.15, -0.1) is 0 Å². The van der Waals surface area contributed by atoms with Crippen LogP contribution in [0.15, 0.2) is 12.1 Å². The second kappa shape index (κ2) is 4.61. The molecule has 0 fully saturated rings. The fourth-order valence-electron chi connectivity index (χ4n) is 1.35. The Bertz CT molecular complexity index is 330. The lowest BCUT2D eigenvalue weighted by Gasteiger charge is -2.17. The van der Waals surface area contributed by atoms with Crippen molar-refractivity contribution in [3.05, 3.63) is 28.3 Å². The summed E-state index contributed by atoms with van der Waals surface area (Å²) in [6.07, 6.45) is 0. The Labute approximate surface area is 87.6 Å². The van der Waals surface area contributed by atoms with Gasteiger partial charge in [0.05, 0.1) is 17.3 Å². The molecule has 0 aromatic heterocycles. The van der Waals surface area contributed by atoms with Crippen LogP contribution in [0.3, 0.4) is 0 Å². The third-order valence-electron chi connectivity index (χ3n) is 2.12. The summed E-state index contributed by atoms with van der Waals surface area (Å²) < 4.78 is 0. The highest BCUT2D eigenvalue weighted by molar-refractivity contribution is 6.33. The van der Waals surface area contributed by atoms with E-state index in [9.17, 15) is 0 Å². The number of nitrogens with two attached hydrogens (primary N) is 3. The van der Waals surface area contributed by atoms with E-state index in [1.165, 1.54) is 0 Å². The molecule has 0 radical (unpaired) electrons. The van der Waals surface area contributed by atoms with Crippen molar-refractivity contribution in [1.29, 1.82) is 0 Å². The van der Waals surface area contributed by atoms with Crippen molar-refractivity contribution >= 4 is 17.3 Å². The van der Waals surface area contributed by atoms with E-state index in [-0.39, 0.29) is 13.2 Å². The molecule has 1 atom stereocenters. The van der Waals surface area contributed by atoms with Gasteiger partial charge < -0.3 is 22.3 Å². The Kier molecular flexibility index (Phi) is 3.71. The van der Waals surface area contributed by atoms with Gasteiger partial charge in [0.1, 0.15) is 0 Å². The molecule has 0 bridgehead atoms. The second-order valence-corrected chi connectivity index (χ2v) is 3.44. The molecule has 1 rings (SSSR count). The van der Waals surface area contributed by atoms with Gasteiger partial charge in [-0.05, 0) is 11.6 Å². The quantitative estimate of drug-likeness (QED) is 0.548. The van der Waals surface area contributed by atoms with Gasteiger partial charge in [-0.2, -0.15) is 0 Å². The maximum absolute atomic E-state index is 9.08. The predicted octanol–water partition coefficient (Wildman–Crippen LogP) is 0.373. The minimum Gasteiger partial charge on any atom is -0.397 e. The van der Waals surface area contributed by atoms with Crippen LogP contribution in [0.25, 0.3) is 0 Å². The first kappa shape index (κ1) is 11.3. The Morgan fingerprint density at radius 2 is 2.07 bits per heavy atom. The van der Waals surface area contributed by atoms with E-state index in [0.717, 1.165) is 0 Å². The maximum atomic E-state index is 9.08. The lowest BCUT2D eigenvalue weighted by Crippen LogP contribution is -2.23. The van der Waals surface area contributed by atoms with Crippen molar-refractivity contribution in [2.75, 3.05) is 12.3 Å². The summed E-state index contributed by atoms with van der Waals surface area (Å²) in [6, 6.07) is 2.94. The van der Waals surface area contributed by atoms with Crippen LogP contribution < -0.4 is 17.2 Å². The zero-order valence-electron chi connectivity index (χ0n) is 7.70. The first-order valence-electron chi connectivity index (χ1n) is 4.25. The van der Waals surface area contributed by atoms with E-state index in [4.69, 9.17) is 33.9 Å². The van der Waals surface area contributed by atoms with E-state index >= 15 is 0 Å². The highest BCUT2D eigenvalue weighted by Gasteiger charge is 2.14. The smallest absolute Gasteiger partial charge is 0.0685 e. The van der Waals surface area contributed by atoms with Gasteiger partial charge in [-0.3, -0.25) is 0 Å². The topological polar surface area (TPSA) is 98.3 Å². The van der Waals surface area contributed by atoms with Crippen molar-refractivity contribution in [2.45, 2.75) is 12.6 Å². The van der Waals surface area contributed by atoms with Crippen LogP contribution in [0.5, 0.6) is 0 Å². The number of hydrogen-bond donors (Lipinski definition) is 4. The van der Waals surface area contributed by atoms with Crippen LogP contribution in [-0.4, -0.2) is 11.7 Å². The van der Waals surface area contributed by atoms with E-state index in [0.29, 0.717) is 21.8 Å². The molecule has 0 heterocycles. The molecule has 0 unspecified atom stereocenters. The number of nitrogen functional groups attached to an aromatic ring is 1. The summed E-state index contributed by atoms with van der Waals surface area (Å²) in [5, 5.41) is 9.51. The molecule has 1 aromatic carbocycles. The third kappa shape index (κ3) is 1.99. The molecular formula is C9H14ClN3O. The van der Waals surface area contributed by atoms with Gasteiger partial charge in [0.2, 0.25) is 0 Å². The SMILES string of the molecule is NC[C@H](N)c1c(CO)ccc(Cl)c1N. The van der Waals surface area contributed by atoms with E-state index in [2.05, 4.69) is 0 Å². The first-order valence-corrected chi connectivity index (χ1v) is 4.62. The lowest BCUT2D eigenvalue weighted by atomic mass is 9.99. The molecule has 78 valence electrons. The number of anilines is 1. The standard InChI is InChI=1S/C9H14ClN3O/c10-6-2-1-5(4-14)8(9(6)13)7(12)3-11/h1-2,7,14H,3-4,11-13H2/t7-/m0/s1. The molecule has 0 amide bonds. The molecule has 0 saturated heterocycles. The van der Waals surface area contributed by atoms with Gasteiger partial charge in [0.15, 0.2) is 0 Å². The third-order valence-corrected chi connectivity index (χ3v) is 2.45. The minimum atomic E-state index is -0.393. The molecule has 4 nitrogen and oxygen atoms in total. The van der Waals surface area contributed by atoms with Crippen LogP contribution in [0.1, 0.15) is 17.2 Å². The molecule has 0 aliphatic rings. The summed E-state index contributed by atoms with van der Waals surface area (Å²) >= 11 is 5.84. The van der Waals surface area contributed by atoms with Gasteiger partial charge in [-0.25, -0.2) is 0 Å². The van der Waals surface area contributed by atoms with Gasteiger partial charge in [0, 0.05) is 18.2 Å². The lowest BCUT2D eigenvalue weighted by molar-refractivity contribution is 0.280. The molecule has 0 aliphatic carbocycles. The molecule has 1 aromatic rings. The zero-order valence-corrected chi connectivity index (χ0v) is 8.46. The molecule has 5 heteroatoms. The van der Waals surface area contributed by atoms with Gasteiger partial charge >= 0.3 is 0 Å². The molecule has 0 aliphatic heterocycles. The summed E-state index contributed by atoms with van der Waals surface area (Å²) in [5.41, 5.74) is 18.7. The van der Waals surface area contributed by atoms with Gasteiger partial charge in [0.25, 0.3) is 0 Å². The largest absolute Gasteiger partial charge is 0.397 e. The fourth-order valence-corrected chi connectivity index (χ4v) is 1.51. The highest BCUT2D eigenvalue weighted by atomic mass is 35.5. The molecule has 0 spiro atoms. The monoisotopic (exact) mass is 215 g/mol. The summed E-state index contributed by atoms with van der Waals surface area (Å²) in [7, 11) is 0. The van der Waals surface area contributed by atoms with Crippen molar-refractivity contribution in [3.63, 3.8) is 0 Å². The van der Waals surface area contributed by atoms with Crippen LogP contribution >= 0.6 is 11.6 Å². The highest BCUT2D eigenvalue weighted by Crippen LogP contribution is 2.29. The normalized spacial score (nSPS) is 12.9. The average molecular weight is 216 g/mol. The van der Waals surface area contributed by atoms with Gasteiger partial charge in [-0.1, -0.05) is 17.7 Å². The molecule has 0 saturated carbocycles. The van der Waals surface area contributed by atoms with Crippen LogP contribution in [0.2, 0.25) is 5.02 Å². The Morgan fingerprint density at radius 1 is 1.43 bits per heavy atom. The number of aliphatic hydroxyl groups is 1. The molecule has 14 heavy (non-hydrogen) atoms. The summed E-state index contributed by atoms with van der Waals surface area (Å²) in [6.45, 7) is 0.141. The number of benzene rings is 1. The number of aliphatic hydroxyl groups excluding tert-OH is 1. The molecular weight excluding hydrogens is 202 g/mol.